The van der Waals surface area contributed by atoms with Crippen LogP contribution in [0.2, 0.25) is 0 Å². The Morgan fingerprint density at radius 2 is 2.06 bits per heavy atom. The number of nitro benzene ring substituents is 1. The van der Waals surface area contributed by atoms with Crippen molar-refractivity contribution in [3.05, 3.63) is 46.5 Å². The highest BCUT2D eigenvalue weighted by atomic mass is 35.5. The summed E-state index contributed by atoms with van der Waals surface area (Å²) in [6, 6.07) is 4.96. The van der Waals surface area contributed by atoms with Crippen LogP contribution in [0.15, 0.2) is 41.3 Å². The highest BCUT2D eigenvalue weighted by molar-refractivity contribution is 7.91. The summed E-state index contributed by atoms with van der Waals surface area (Å²) in [5, 5.41) is 10.5. The van der Waals surface area contributed by atoms with Crippen LogP contribution in [0.3, 0.4) is 0 Å². The molecule has 1 rings (SSSR count). The zero-order valence-corrected chi connectivity index (χ0v) is 10.3. The number of benzene rings is 1. The van der Waals surface area contributed by atoms with Crippen molar-refractivity contribution < 1.29 is 13.3 Å². The molecular formula is C10H10ClNO4S. The van der Waals surface area contributed by atoms with Crippen LogP contribution in [0.5, 0.6) is 0 Å². The molecule has 92 valence electrons. The predicted molar refractivity (Wildman–Crippen MR) is 65.0 cm³/mol. The summed E-state index contributed by atoms with van der Waals surface area (Å²) in [6.45, 7) is 0. The quantitative estimate of drug-likeness (QED) is 0.357. The molecule has 0 saturated heterocycles. The number of hydrogen-bond acceptors (Lipinski definition) is 4. The van der Waals surface area contributed by atoms with Gasteiger partial charge >= 0.3 is 0 Å². The second kappa shape index (κ2) is 5.79. The Morgan fingerprint density at radius 3 is 2.65 bits per heavy atom. The van der Waals surface area contributed by atoms with Crippen LogP contribution in [0.4, 0.5) is 5.69 Å². The monoisotopic (exact) mass is 275 g/mol. The third kappa shape index (κ3) is 3.83. The number of sulfone groups is 1. The molecule has 0 amide bonds. The van der Waals surface area contributed by atoms with E-state index < -0.39 is 14.8 Å². The van der Waals surface area contributed by atoms with E-state index in [4.69, 9.17) is 11.6 Å². The molecule has 0 saturated carbocycles. The second-order valence-corrected chi connectivity index (χ2v) is 5.50. The van der Waals surface area contributed by atoms with Gasteiger partial charge in [0.05, 0.1) is 15.6 Å². The van der Waals surface area contributed by atoms with Gasteiger partial charge < -0.3 is 0 Å². The molecule has 0 radical (unpaired) electrons. The van der Waals surface area contributed by atoms with Gasteiger partial charge in [0.25, 0.3) is 5.69 Å². The van der Waals surface area contributed by atoms with Crippen molar-refractivity contribution in [2.45, 2.75) is 4.90 Å². The van der Waals surface area contributed by atoms with Crippen molar-refractivity contribution in [3.63, 3.8) is 0 Å². The maximum atomic E-state index is 11.8. The molecule has 5 nitrogen and oxygen atoms in total. The van der Waals surface area contributed by atoms with Gasteiger partial charge in [-0.25, -0.2) is 8.42 Å². The molecule has 17 heavy (non-hydrogen) atoms. The minimum atomic E-state index is -3.54. The first-order chi connectivity index (χ1) is 7.97. The molecule has 7 heteroatoms. The summed E-state index contributed by atoms with van der Waals surface area (Å²) >= 11 is 5.37. The molecule has 0 heterocycles. The van der Waals surface area contributed by atoms with E-state index in [1.165, 1.54) is 30.4 Å². The van der Waals surface area contributed by atoms with E-state index in [9.17, 15) is 18.5 Å². The van der Waals surface area contributed by atoms with Crippen molar-refractivity contribution >= 4 is 27.1 Å². The second-order valence-electron chi connectivity index (χ2n) is 3.16. The Bertz CT molecular complexity index is 539. The van der Waals surface area contributed by atoms with E-state index in [0.717, 1.165) is 6.07 Å². The summed E-state index contributed by atoms with van der Waals surface area (Å²) in [7, 11) is -3.54. The number of nitrogens with zero attached hydrogens (tertiary/aromatic N) is 1. The molecule has 0 aliphatic rings. The first-order valence-electron chi connectivity index (χ1n) is 4.65. The highest BCUT2D eigenvalue weighted by Gasteiger charge is 2.16. The highest BCUT2D eigenvalue weighted by Crippen LogP contribution is 2.18. The van der Waals surface area contributed by atoms with Gasteiger partial charge in [0.15, 0.2) is 9.84 Å². The van der Waals surface area contributed by atoms with Crippen molar-refractivity contribution in [2.24, 2.45) is 0 Å². The van der Waals surface area contributed by atoms with Gasteiger partial charge in [0.1, 0.15) is 0 Å². The van der Waals surface area contributed by atoms with Crippen molar-refractivity contribution in [2.75, 3.05) is 11.6 Å². The summed E-state index contributed by atoms with van der Waals surface area (Å²) in [6.07, 6.45) is 2.93. The number of hydrogen-bond donors (Lipinski definition) is 0. The fourth-order valence-corrected chi connectivity index (χ4v) is 2.44. The number of rotatable bonds is 5. The molecule has 0 aromatic heterocycles. The fraction of sp³-hybridized carbons (Fsp3) is 0.200. The first-order valence-corrected chi connectivity index (χ1v) is 6.84. The number of halogens is 1. The SMILES string of the molecule is O=[N+]([O-])c1cccc(S(=O)(=O)C/C=C/CCl)c1. The molecule has 0 unspecified atom stereocenters. The normalized spacial score (nSPS) is 11.8. The Hall–Kier alpha value is -1.40. The lowest BCUT2D eigenvalue weighted by Crippen LogP contribution is -2.05. The van der Waals surface area contributed by atoms with Crippen molar-refractivity contribution in [1.29, 1.82) is 0 Å². The summed E-state index contributed by atoms with van der Waals surface area (Å²) in [5.41, 5.74) is -0.243. The van der Waals surface area contributed by atoms with Crippen LogP contribution in [0.1, 0.15) is 0 Å². The molecule has 0 bridgehead atoms. The maximum Gasteiger partial charge on any atom is 0.270 e. The predicted octanol–water partition coefficient (Wildman–Crippen LogP) is 2.16. The van der Waals surface area contributed by atoms with E-state index >= 15 is 0 Å². The van der Waals surface area contributed by atoms with E-state index in [-0.39, 0.29) is 22.2 Å². The van der Waals surface area contributed by atoms with Gasteiger partial charge in [-0.15, -0.1) is 11.6 Å². The maximum absolute atomic E-state index is 11.8. The molecule has 0 aliphatic carbocycles. The Kier molecular flexibility index (Phi) is 4.65. The number of alkyl halides is 1. The van der Waals surface area contributed by atoms with E-state index in [1.807, 2.05) is 0 Å². The third-order valence-corrected chi connectivity index (χ3v) is 3.74. The standard InChI is InChI=1S/C10H10ClNO4S/c11-6-1-2-7-17(15,16)10-5-3-4-9(8-10)12(13)14/h1-5,8H,6-7H2/b2-1+. The molecule has 0 atom stereocenters. The minimum Gasteiger partial charge on any atom is -0.258 e. The van der Waals surface area contributed by atoms with Crippen LogP contribution >= 0.6 is 11.6 Å². The van der Waals surface area contributed by atoms with Crippen LogP contribution < -0.4 is 0 Å². The lowest BCUT2D eigenvalue weighted by molar-refractivity contribution is -0.385. The number of nitro groups is 1. The summed E-state index contributed by atoms with van der Waals surface area (Å²) in [5.74, 6) is 0.00530. The van der Waals surface area contributed by atoms with Gasteiger partial charge in [-0.2, -0.15) is 0 Å². The van der Waals surface area contributed by atoms with E-state index in [2.05, 4.69) is 0 Å². The lowest BCUT2D eigenvalue weighted by Gasteiger charge is -2.00. The van der Waals surface area contributed by atoms with Gasteiger partial charge in [-0.1, -0.05) is 18.2 Å². The number of allylic oxidation sites excluding steroid dienone is 1. The van der Waals surface area contributed by atoms with Crippen molar-refractivity contribution in [3.8, 4) is 0 Å². The topological polar surface area (TPSA) is 77.3 Å². The summed E-state index contributed by atoms with van der Waals surface area (Å²) < 4.78 is 23.5. The van der Waals surface area contributed by atoms with Gasteiger partial charge in [0.2, 0.25) is 0 Å². The van der Waals surface area contributed by atoms with E-state index in [1.54, 1.807) is 0 Å². The first kappa shape index (κ1) is 13.7. The van der Waals surface area contributed by atoms with Crippen LogP contribution in [0.25, 0.3) is 0 Å². The fourth-order valence-electron chi connectivity index (χ4n) is 1.14. The molecule has 1 aromatic carbocycles. The Morgan fingerprint density at radius 1 is 1.35 bits per heavy atom. The third-order valence-electron chi connectivity index (χ3n) is 1.96. The largest absolute Gasteiger partial charge is 0.270 e. The van der Waals surface area contributed by atoms with Gasteiger partial charge in [-0.3, -0.25) is 10.1 Å². The van der Waals surface area contributed by atoms with Gasteiger partial charge in [-0.05, 0) is 6.07 Å². The smallest absolute Gasteiger partial charge is 0.258 e. The zero-order chi connectivity index (χ0) is 12.9. The van der Waals surface area contributed by atoms with Gasteiger partial charge in [0, 0.05) is 18.0 Å². The van der Waals surface area contributed by atoms with Crippen molar-refractivity contribution in [1.82, 2.24) is 0 Å². The van der Waals surface area contributed by atoms with E-state index in [0.29, 0.717) is 0 Å². The van der Waals surface area contributed by atoms with Crippen LogP contribution in [0, 0.1) is 10.1 Å². The molecule has 0 N–H and O–H groups in total. The molecule has 0 aliphatic heterocycles. The Balaban J connectivity index is 3.03. The van der Waals surface area contributed by atoms with Crippen LogP contribution in [-0.4, -0.2) is 25.0 Å². The zero-order valence-electron chi connectivity index (χ0n) is 8.74. The minimum absolute atomic E-state index is 0.0640. The molecule has 0 fully saturated rings. The summed E-state index contributed by atoms with van der Waals surface area (Å²) in [4.78, 5) is 9.82. The Labute approximate surface area is 104 Å². The van der Waals surface area contributed by atoms with Crippen LogP contribution in [-0.2, 0) is 9.84 Å². The average Bonchev–Trinajstić information content (AvgIpc) is 2.29. The lowest BCUT2D eigenvalue weighted by atomic mass is 10.3. The molecule has 0 spiro atoms. The average molecular weight is 276 g/mol. The number of non-ortho nitro benzene ring substituents is 1. The molecule has 1 aromatic rings. The molecular weight excluding hydrogens is 266 g/mol.